The second kappa shape index (κ2) is 6.47. The summed E-state index contributed by atoms with van der Waals surface area (Å²) < 4.78 is 37.6. The first-order chi connectivity index (χ1) is 10.7. The Morgan fingerprint density at radius 2 is 1.83 bits per heavy atom. The zero-order chi connectivity index (χ0) is 17.2. The van der Waals surface area contributed by atoms with Gasteiger partial charge in [-0.3, -0.25) is 4.79 Å². The smallest absolute Gasteiger partial charge is 0.465 e. The Bertz CT molecular complexity index is 616. The molecule has 2 rings (SSSR count). The summed E-state index contributed by atoms with van der Waals surface area (Å²) in [5.41, 5.74) is 2.52. The molecule has 1 aromatic rings. The Balaban J connectivity index is 2.11. The van der Waals surface area contributed by atoms with Crippen LogP contribution in [-0.2, 0) is 24.2 Å². The predicted octanol–water partition coefficient (Wildman–Crippen LogP) is 2.29. The molecule has 5 nitrogen and oxygen atoms in total. The van der Waals surface area contributed by atoms with Gasteiger partial charge in [-0.15, -0.1) is 0 Å². The quantitative estimate of drug-likeness (QED) is 0.905. The van der Waals surface area contributed by atoms with Gasteiger partial charge in [-0.1, -0.05) is 18.2 Å². The molecule has 2 amide bonds. The number of nitrogens with zero attached hydrogens (tertiary/aromatic N) is 2. The van der Waals surface area contributed by atoms with Crippen LogP contribution in [-0.4, -0.2) is 53.2 Å². The van der Waals surface area contributed by atoms with Gasteiger partial charge >= 0.3 is 18.2 Å². The van der Waals surface area contributed by atoms with E-state index in [1.54, 1.807) is 18.2 Å². The average Bonchev–Trinajstić information content (AvgIpc) is 2.67. The summed E-state index contributed by atoms with van der Waals surface area (Å²) in [4.78, 5) is 24.1. The Kier molecular flexibility index (Phi) is 4.82. The van der Waals surface area contributed by atoms with E-state index in [2.05, 4.69) is 0 Å². The van der Waals surface area contributed by atoms with Crippen molar-refractivity contribution in [3.63, 3.8) is 0 Å². The van der Waals surface area contributed by atoms with Crippen LogP contribution in [0, 0.1) is 0 Å². The Morgan fingerprint density at radius 1 is 1.22 bits per heavy atom. The van der Waals surface area contributed by atoms with E-state index in [9.17, 15) is 22.8 Å². The van der Waals surface area contributed by atoms with Gasteiger partial charge in [-0.2, -0.15) is 13.2 Å². The molecule has 126 valence electrons. The summed E-state index contributed by atoms with van der Waals surface area (Å²) >= 11 is 0. The maximum atomic E-state index is 12.5. The van der Waals surface area contributed by atoms with E-state index >= 15 is 0 Å². The molecule has 0 aromatic heterocycles. The average molecular weight is 330 g/mol. The molecule has 8 heteroatoms. The molecule has 1 aromatic carbocycles. The van der Waals surface area contributed by atoms with Crippen molar-refractivity contribution < 1.29 is 27.9 Å². The van der Waals surface area contributed by atoms with Gasteiger partial charge in [0.1, 0.15) is 0 Å². The van der Waals surface area contributed by atoms with Crippen LogP contribution < -0.4 is 0 Å². The molecule has 1 aliphatic heterocycles. The first-order valence-corrected chi connectivity index (χ1v) is 7.09. The van der Waals surface area contributed by atoms with Gasteiger partial charge in [-0.25, -0.2) is 4.79 Å². The van der Waals surface area contributed by atoms with Gasteiger partial charge < -0.3 is 14.9 Å². The summed E-state index contributed by atoms with van der Waals surface area (Å²) in [5.74, 6) is -1.81. The zero-order valence-corrected chi connectivity index (χ0v) is 12.6. The molecule has 0 fully saturated rings. The minimum absolute atomic E-state index is 0.00354. The van der Waals surface area contributed by atoms with Crippen LogP contribution in [0.4, 0.5) is 18.0 Å². The molecule has 1 aliphatic rings. The van der Waals surface area contributed by atoms with Crippen molar-refractivity contribution in [2.45, 2.75) is 25.6 Å². The van der Waals surface area contributed by atoms with Crippen LogP contribution in [0.3, 0.4) is 0 Å². The lowest BCUT2D eigenvalue weighted by atomic mass is 10.00. The molecule has 0 aliphatic carbocycles. The Labute approximate surface area is 131 Å². The van der Waals surface area contributed by atoms with Crippen LogP contribution in [0.1, 0.15) is 16.7 Å². The number of carboxylic acid groups (broad SMARTS) is 1. The minimum atomic E-state index is -4.86. The van der Waals surface area contributed by atoms with Gasteiger partial charge in [-0.05, 0) is 29.5 Å². The fourth-order valence-corrected chi connectivity index (χ4v) is 2.60. The molecule has 1 N–H and O–H groups in total. The number of rotatable bonds is 2. The number of halogens is 3. The van der Waals surface area contributed by atoms with E-state index in [1.165, 1.54) is 7.05 Å². The third-order valence-electron chi connectivity index (χ3n) is 3.85. The summed E-state index contributed by atoms with van der Waals surface area (Å²) in [6, 6.07) is 5.36. The van der Waals surface area contributed by atoms with Gasteiger partial charge in [0, 0.05) is 26.7 Å². The number of alkyl halides is 3. The predicted molar refractivity (Wildman–Crippen MR) is 76.0 cm³/mol. The number of fused-ring (bicyclic) bond motifs is 1. The lowest BCUT2D eigenvalue weighted by molar-refractivity contribution is -0.185. The molecule has 0 spiro atoms. The summed E-state index contributed by atoms with van der Waals surface area (Å²) in [7, 11) is 1.44. The first-order valence-electron chi connectivity index (χ1n) is 7.09. The highest BCUT2D eigenvalue weighted by Gasteiger charge is 2.42. The Morgan fingerprint density at radius 3 is 2.39 bits per heavy atom. The number of hydrogen-bond acceptors (Lipinski definition) is 2. The summed E-state index contributed by atoms with van der Waals surface area (Å²) in [6.45, 7) is 0.233. The van der Waals surface area contributed by atoms with Crippen LogP contribution in [0.5, 0.6) is 0 Å². The lowest BCUT2D eigenvalue weighted by Gasteiger charge is -2.21. The van der Waals surface area contributed by atoms with E-state index in [1.807, 2.05) is 0 Å². The number of amides is 2. The Hall–Kier alpha value is -2.25. The zero-order valence-electron chi connectivity index (χ0n) is 12.6. The van der Waals surface area contributed by atoms with E-state index < -0.39 is 18.2 Å². The number of benzene rings is 1. The first kappa shape index (κ1) is 17.1. The van der Waals surface area contributed by atoms with Crippen molar-refractivity contribution in [3.8, 4) is 0 Å². The summed E-state index contributed by atoms with van der Waals surface area (Å²) in [5, 5.41) is 8.87. The van der Waals surface area contributed by atoms with E-state index in [0.29, 0.717) is 12.8 Å². The molecule has 0 radical (unpaired) electrons. The highest BCUT2D eigenvalue weighted by Crippen LogP contribution is 2.23. The largest absolute Gasteiger partial charge is 0.471 e. The maximum absolute atomic E-state index is 12.5. The lowest BCUT2D eigenvalue weighted by Crippen LogP contribution is -2.42. The van der Waals surface area contributed by atoms with Crippen molar-refractivity contribution >= 4 is 12.0 Å². The van der Waals surface area contributed by atoms with E-state index in [0.717, 1.165) is 26.5 Å². The second-order valence-electron chi connectivity index (χ2n) is 5.53. The molecule has 0 saturated heterocycles. The monoisotopic (exact) mass is 330 g/mol. The van der Waals surface area contributed by atoms with Crippen molar-refractivity contribution in [1.29, 1.82) is 0 Å². The molecule has 0 unspecified atom stereocenters. The molecular weight excluding hydrogens is 313 g/mol. The molecule has 0 atom stereocenters. The van der Waals surface area contributed by atoms with Crippen LogP contribution in [0.25, 0.3) is 0 Å². The van der Waals surface area contributed by atoms with Gasteiger partial charge in [0.25, 0.3) is 0 Å². The molecule has 0 saturated carbocycles. The van der Waals surface area contributed by atoms with Crippen molar-refractivity contribution in [2.75, 3.05) is 20.1 Å². The highest BCUT2D eigenvalue weighted by atomic mass is 19.4. The van der Waals surface area contributed by atoms with Crippen molar-refractivity contribution in [2.24, 2.45) is 0 Å². The molecule has 1 heterocycles. The van der Waals surface area contributed by atoms with Crippen LogP contribution >= 0.6 is 0 Å². The van der Waals surface area contributed by atoms with Gasteiger partial charge in [0.15, 0.2) is 0 Å². The maximum Gasteiger partial charge on any atom is 0.471 e. The van der Waals surface area contributed by atoms with Gasteiger partial charge in [0.05, 0.1) is 0 Å². The standard InChI is InChI=1S/C15H17F3N2O3/c1-19(14(22)23)9-10-2-3-11-4-6-20(7-5-12(11)8-10)13(21)15(16,17)18/h2-3,8H,4-7,9H2,1H3,(H,22,23). The SMILES string of the molecule is CN(Cc1ccc2c(c1)CCN(C(=O)C(F)(F)F)CC2)C(=O)O. The summed E-state index contributed by atoms with van der Waals surface area (Å²) in [6.07, 6.45) is -5.23. The molecular formula is C15H17F3N2O3. The highest BCUT2D eigenvalue weighted by molar-refractivity contribution is 5.82. The van der Waals surface area contributed by atoms with E-state index in [4.69, 9.17) is 5.11 Å². The molecule has 23 heavy (non-hydrogen) atoms. The third-order valence-corrected chi connectivity index (χ3v) is 3.85. The number of hydrogen-bond donors (Lipinski definition) is 1. The van der Waals surface area contributed by atoms with Gasteiger partial charge in [0.2, 0.25) is 0 Å². The number of carbonyl (C=O) groups is 2. The fraction of sp³-hybridized carbons (Fsp3) is 0.467. The van der Waals surface area contributed by atoms with Crippen molar-refractivity contribution in [3.05, 3.63) is 34.9 Å². The van der Waals surface area contributed by atoms with Crippen molar-refractivity contribution in [1.82, 2.24) is 9.80 Å². The minimum Gasteiger partial charge on any atom is -0.465 e. The number of carbonyl (C=O) groups excluding carboxylic acids is 1. The topological polar surface area (TPSA) is 60.9 Å². The normalized spacial score (nSPS) is 14.9. The molecule has 0 bridgehead atoms. The van der Waals surface area contributed by atoms with Crippen LogP contribution in [0.15, 0.2) is 18.2 Å². The van der Waals surface area contributed by atoms with E-state index in [-0.39, 0.29) is 19.6 Å². The van der Waals surface area contributed by atoms with Crippen LogP contribution in [0.2, 0.25) is 0 Å². The second-order valence-corrected chi connectivity index (χ2v) is 5.53. The third kappa shape index (κ3) is 4.14. The fourth-order valence-electron chi connectivity index (χ4n) is 2.60.